The molecule has 8 nitrogen and oxygen atoms in total. The SMILES string of the molecule is CC(=O)N(C)Cc1nnc(Nc2nc3cc(C(F)(F)F)ccc3o2)o1. The van der Waals surface area contributed by atoms with Gasteiger partial charge in [0.15, 0.2) is 5.58 Å². The van der Waals surface area contributed by atoms with Gasteiger partial charge >= 0.3 is 18.2 Å². The Morgan fingerprint density at radius 2 is 2.00 bits per heavy atom. The Morgan fingerprint density at radius 3 is 2.68 bits per heavy atom. The number of rotatable bonds is 4. The lowest BCUT2D eigenvalue weighted by Gasteiger charge is -2.10. The van der Waals surface area contributed by atoms with Crippen LogP contribution in [0.3, 0.4) is 0 Å². The average Bonchev–Trinajstić information content (AvgIpc) is 3.11. The van der Waals surface area contributed by atoms with Gasteiger partial charge in [-0.15, -0.1) is 5.10 Å². The topological polar surface area (TPSA) is 97.3 Å². The van der Waals surface area contributed by atoms with Crippen LogP contribution < -0.4 is 5.32 Å². The monoisotopic (exact) mass is 355 g/mol. The molecule has 0 saturated heterocycles. The van der Waals surface area contributed by atoms with E-state index >= 15 is 0 Å². The quantitative estimate of drug-likeness (QED) is 0.768. The molecule has 0 radical (unpaired) electrons. The van der Waals surface area contributed by atoms with Crippen LogP contribution in [0.4, 0.5) is 25.2 Å². The zero-order valence-electron chi connectivity index (χ0n) is 13.1. The van der Waals surface area contributed by atoms with Crippen molar-refractivity contribution in [3.05, 3.63) is 29.7 Å². The summed E-state index contributed by atoms with van der Waals surface area (Å²) in [5.74, 6) is 0.00259. The summed E-state index contributed by atoms with van der Waals surface area (Å²) >= 11 is 0. The van der Waals surface area contributed by atoms with E-state index in [1.54, 1.807) is 7.05 Å². The van der Waals surface area contributed by atoms with Gasteiger partial charge in [0.1, 0.15) is 5.52 Å². The number of carbonyl (C=O) groups excluding carboxylic acids is 1. The number of hydrogen-bond donors (Lipinski definition) is 1. The molecule has 1 amide bonds. The van der Waals surface area contributed by atoms with Crippen LogP contribution in [0, 0.1) is 0 Å². The average molecular weight is 355 g/mol. The first-order valence-corrected chi connectivity index (χ1v) is 7.01. The fourth-order valence-corrected chi connectivity index (χ4v) is 1.93. The van der Waals surface area contributed by atoms with E-state index < -0.39 is 11.7 Å². The molecule has 11 heteroatoms. The van der Waals surface area contributed by atoms with Crippen LogP contribution in [0.1, 0.15) is 18.4 Å². The number of fused-ring (bicyclic) bond motifs is 1. The third kappa shape index (κ3) is 3.70. The second-order valence-corrected chi connectivity index (χ2v) is 5.20. The Morgan fingerprint density at radius 1 is 1.24 bits per heavy atom. The van der Waals surface area contributed by atoms with Crippen LogP contribution in [0.5, 0.6) is 0 Å². The lowest BCUT2D eigenvalue weighted by atomic mass is 10.2. The van der Waals surface area contributed by atoms with E-state index in [2.05, 4.69) is 20.5 Å². The summed E-state index contributed by atoms with van der Waals surface area (Å²) in [5, 5.41) is 10.0. The first-order valence-electron chi connectivity index (χ1n) is 7.01. The third-order valence-electron chi connectivity index (χ3n) is 3.31. The summed E-state index contributed by atoms with van der Waals surface area (Å²) in [4.78, 5) is 16.4. The van der Waals surface area contributed by atoms with Crippen molar-refractivity contribution in [2.45, 2.75) is 19.6 Å². The van der Waals surface area contributed by atoms with Gasteiger partial charge in [0.25, 0.3) is 0 Å². The van der Waals surface area contributed by atoms with Gasteiger partial charge in [-0.3, -0.25) is 10.1 Å². The number of anilines is 2. The van der Waals surface area contributed by atoms with Gasteiger partial charge in [-0.1, -0.05) is 5.10 Å². The van der Waals surface area contributed by atoms with E-state index in [9.17, 15) is 18.0 Å². The molecule has 2 aromatic heterocycles. The molecular weight excluding hydrogens is 343 g/mol. The Balaban J connectivity index is 1.77. The zero-order valence-corrected chi connectivity index (χ0v) is 13.1. The van der Waals surface area contributed by atoms with Crippen molar-refractivity contribution >= 4 is 29.0 Å². The molecule has 132 valence electrons. The lowest BCUT2D eigenvalue weighted by Crippen LogP contribution is -2.23. The minimum absolute atomic E-state index is 0.0355. The van der Waals surface area contributed by atoms with Crippen molar-refractivity contribution in [3.63, 3.8) is 0 Å². The number of carbonyl (C=O) groups is 1. The summed E-state index contributed by atoms with van der Waals surface area (Å²) < 4.78 is 48.7. The van der Waals surface area contributed by atoms with Gasteiger partial charge in [-0.05, 0) is 18.2 Å². The first kappa shape index (κ1) is 16.7. The number of nitrogens with zero attached hydrogens (tertiary/aromatic N) is 4. The molecule has 3 aromatic rings. The number of amides is 1. The summed E-state index contributed by atoms with van der Waals surface area (Å²) in [6.45, 7) is 1.51. The summed E-state index contributed by atoms with van der Waals surface area (Å²) in [7, 11) is 1.57. The van der Waals surface area contributed by atoms with E-state index in [1.165, 1.54) is 17.9 Å². The van der Waals surface area contributed by atoms with Crippen molar-refractivity contribution in [2.24, 2.45) is 0 Å². The van der Waals surface area contributed by atoms with Crippen molar-refractivity contribution in [2.75, 3.05) is 12.4 Å². The molecule has 0 atom stereocenters. The van der Waals surface area contributed by atoms with E-state index in [0.717, 1.165) is 12.1 Å². The summed E-state index contributed by atoms with van der Waals surface area (Å²) in [6.07, 6.45) is -4.47. The molecule has 2 heterocycles. The van der Waals surface area contributed by atoms with Crippen LogP contribution in [-0.2, 0) is 17.5 Å². The molecule has 0 aliphatic carbocycles. The van der Waals surface area contributed by atoms with Gasteiger partial charge < -0.3 is 13.7 Å². The maximum atomic E-state index is 12.7. The molecule has 0 bridgehead atoms. The van der Waals surface area contributed by atoms with Crippen LogP contribution >= 0.6 is 0 Å². The highest BCUT2D eigenvalue weighted by atomic mass is 19.4. The summed E-state index contributed by atoms with van der Waals surface area (Å²) in [6, 6.07) is 2.81. The molecule has 0 spiro atoms. The Kier molecular flexibility index (Phi) is 4.07. The molecule has 0 unspecified atom stereocenters. The maximum Gasteiger partial charge on any atom is 0.416 e. The molecule has 0 saturated carbocycles. The van der Waals surface area contributed by atoms with Gasteiger partial charge in [-0.2, -0.15) is 18.2 Å². The van der Waals surface area contributed by atoms with Crippen molar-refractivity contribution < 1.29 is 26.8 Å². The maximum absolute atomic E-state index is 12.7. The standard InChI is InChI=1S/C14H12F3N5O3/c1-7(23)22(2)6-11-20-21-13(25-11)19-12-18-9-5-8(14(15,16)17)3-4-10(9)24-12/h3-5H,6H2,1-2H3,(H,18,19,21). The minimum atomic E-state index is -4.47. The Hall–Kier alpha value is -3.11. The van der Waals surface area contributed by atoms with E-state index in [4.69, 9.17) is 8.83 Å². The predicted molar refractivity (Wildman–Crippen MR) is 78.7 cm³/mol. The van der Waals surface area contributed by atoms with Crippen molar-refractivity contribution in [1.29, 1.82) is 0 Å². The molecular formula is C14H12F3N5O3. The molecule has 0 aliphatic rings. The largest absolute Gasteiger partial charge is 0.423 e. The van der Waals surface area contributed by atoms with Crippen LogP contribution in [0.15, 0.2) is 27.0 Å². The smallest absolute Gasteiger partial charge is 0.416 e. The Bertz CT molecular complexity index is 918. The fourth-order valence-electron chi connectivity index (χ4n) is 1.93. The second kappa shape index (κ2) is 6.07. The number of oxazole rings is 1. The van der Waals surface area contributed by atoms with Crippen LogP contribution in [-0.4, -0.2) is 33.0 Å². The van der Waals surface area contributed by atoms with Crippen molar-refractivity contribution in [3.8, 4) is 0 Å². The van der Waals surface area contributed by atoms with Gasteiger partial charge in [0.05, 0.1) is 12.1 Å². The number of benzene rings is 1. The van der Waals surface area contributed by atoms with Gasteiger partial charge in [-0.25, -0.2) is 0 Å². The summed E-state index contributed by atoms with van der Waals surface area (Å²) in [5.41, 5.74) is -0.618. The molecule has 3 rings (SSSR count). The second-order valence-electron chi connectivity index (χ2n) is 5.20. The van der Waals surface area contributed by atoms with Gasteiger partial charge in [0, 0.05) is 14.0 Å². The van der Waals surface area contributed by atoms with Gasteiger partial charge in [0.2, 0.25) is 11.8 Å². The molecule has 25 heavy (non-hydrogen) atoms. The molecule has 1 N–H and O–H groups in total. The normalized spacial score (nSPS) is 11.7. The highest BCUT2D eigenvalue weighted by molar-refractivity contribution is 5.76. The zero-order chi connectivity index (χ0) is 18.2. The Labute approximate surface area is 138 Å². The molecule has 0 fully saturated rings. The lowest BCUT2D eigenvalue weighted by molar-refractivity contribution is -0.137. The van der Waals surface area contributed by atoms with E-state index in [1.807, 2.05) is 0 Å². The minimum Gasteiger partial charge on any atom is -0.423 e. The third-order valence-corrected chi connectivity index (χ3v) is 3.31. The van der Waals surface area contributed by atoms with E-state index in [-0.39, 0.29) is 41.5 Å². The molecule has 1 aromatic carbocycles. The predicted octanol–water partition coefficient (Wildman–Crippen LogP) is 2.95. The highest BCUT2D eigenvalue weighted by Crippen LogP contribution is 2.32. The number of hydrogen-bond acceptors (Lipinski definition) is 7. The fraction of sp³-hybridized carbons (Fsp3) is 0.286. The number of nitrogens with one attached hydrogen (secondary N) is 1. The van der Waals surface area contributed by atoms with Crippen LogP contribution in [0.2, 0.25) is 0 Å². The number of alkyl halides is 3. The van der Waals surface area contributed by atoms with Crippen molar-refractivity contribution in [1.82, 2.24) is 20.1 Å². The van der Waals surface area contributed by atoms with Crippen LogP contribution in [0.25, 0.3) is 11.1 Å². The number of halogens is 3. The first-order chi connectivity index (χ1) is 11.7. The highest BCUT2D eigenvalue weighted by Gasteiger charge is 2.31. The van der Waals surface area contributed by atoms with E-state index in [0.29, 0.717) is 0 Å². The number of aromatic nitrogens is 3. The molecule has 0 aliphatic heterocycles.